The second kappa shape index (κ2) is 4.49. The van der Waals surface area contributed by atoms with Crippen LogP contribution in [0.2, 0.25) is 0 Å². The summed E-state index contributed by atoms with van der Waals surface area (Å²) in [6.45, 7) is 3.00. The second-order valence-electron chi connectivity index (χ2n) is 2.66. The largest absolute Gasteiger partial charge is 0.364 e. The van der Waals surface area contributed by atoms with Crippen LogP contribution in [0.1, 0.15) is 12.6 Å². The Hall–Kier alpha value is -1.52. The van der Waals surface area contributed by atoms with E-state index in [2.05, 4.69) is 15.0 Å². The molecule has 0 aromatic carbocycles. The Morgan fingerprint density at radius 3 is 3.08 bits per heavy atom. The third-order valence-corrected chi connectivity index (χ3v) is 1.73. The quantitative estimate of drug-likeness (QED) is 0.755. The Balaban J connectivity index is 2.31. The molecule has 72 valence electrons. The van der Waals surface area contributed by atoms with Crippen molar-refractivity contribution in [3.63, 3.8) is 0 Å². The summed E-state index contributed by atoms with van der Waals surface area (Å²) in [4.78, 5) is 12.8. The van der Waals surface area contributed by atoms with Crippen molar-refractivity contribution in [1.29, 1.82) is 0 Å². The van der Waals surface area contributed by atoms with Crippen molar-refractivity contribution in [1.82, 2.24) is 15.4 Å². The van der Waals surface area contributed by atoms with Crippen molar-refractivity contribution >= 4 is 6.03 Å². The Morgan fingerprint density at radius 2 is 2.54 bits per heavy atom. The highest BCUT2D eigenvalue weighted by Crippen LogP contribution is 1.93. The van der Waals surface area contributed by atoms with Crippen molar-refractivity contribution in [2.45, 2.75) is 13.5 Å². The number of hydrogen-bond acceptors (Lipinski definition) is 3. The van der Waals surface area contributed by atoms with Gasteiger partial charge in [0, 0.05) is 19.7 Å². The Kier molecular flexibility index (Phi) is 3.31. The van der Waals surface area contributed by atoms with Crippen LogP contribution in [-0.4, -0.2) is 29.7 Å². The van der Waals surface area contributed by atoms with Crippen LogP contribution >= 0.6 is 0 Å². The molecule has 0 aliphatic rings. The van der Waals surface area contributed by atoms with Crippen LogP contribution in [0.25, 0.3) is 0 Å². The number of hydrogen-bond donors (Lipinski definition) is 1. The molecule has 1 heterocycles. The molecule has 5 heteroatoms. The summed E-state index contributed by atoms with van der Waals surface area (Å²) in [5.41, 5.74) is 0.720. The van der Waals surface area contributed by atoms with Gasteiger partial charge in [0.1, 0.15) is 12.0 Å². The van der Waals surface area contributed by atoms with Crippen LogP contribution in [0.3, 0.4) is 0 Å². The third kappa shape index (κ3) is 2.77. The molecule has 0 bridgehead atoms. The van der Waals surface area contributed by atoms with E-state index in [1.807, 2.05) is 6.92 Å². The smallest absolute Gasteiger partial charge is 0.317 e. The first-order valence-corrected chi connectivity index (χ1v) is 4.12. The van der Waals surface area contributed by atoms with Gasteiger partial charge >= 0.3 is 6.03 Å². The van der Waals surface area contributed by atoms with E-state index in [1.54, 1.807) is 18.0 Å². The summed E-state index contributed by atoms with van der Waals surface area (Å²) in [7, 11) is 1.73. The Bertz CT molecular complexity index is 258. The average molecular weight is 183 g/mol. The number of nitrogens with one attached hydrogen (secondary N) is 1. The summed E-state index contributed by atoms with van der Waals surface area (Å²) in [5.74, 6) is 0. The van der Waals surface area contributed by atoms with E-state index in [0.29, 0.717) is 13.1 Å². The molecule has 0 radical (unpaired) electrons. The Labute approximate surface area is 76.7 Å². The van der Waals surface area contributed by atoms with Crippen LogP contribution in [0.15, 0.2) is 16.9 Å². The van der Waals surface area contributed by atoms with E-state index in [9.17, 15) is 4.79 Å². The van der Waals surface area contributed by atoms with Gasteiger partial charge in [-0.2, -0.15) is 0 Å². The van der Waals surface area contributed by atoms with Gasteiger partial charge in [-0.1, -0.05) is 5.16 Å². The van der Waals surface area contributed by atoms with Gasteiger partial charge in [-0.05, 0) is 6.92 Å². The van der Waals surface area contributed by atoms with E-state index < -0.39 is 0 Å². The molecule has 0 atom stereocenters. The highest BCUT2D eigenvalue weighted by Gasteiger charge is 2.05. The minimum atomic E-state index is -0.106. The zero-order valence-corrected chi connectivity index (χ0v) is 7.78. The second-order valence-corrected chi connectivity index (χ2v) is 2.66. The normalized spacial score (nSPS) is 9.69. The molecule has 0 spiro atoms. The number of rotatable bonds is 3. The zero-order chi connectivity index (χ0) is 9.68. The predicted octanol–water partition coefficient (Wildman–Crippen LogP) is 0.836. The number of nitrogens with zero attached hydrogens (tertiary/aromatic N) is 2. The number of amides is 2. The maximum atomic E-state index is 11.2. The molecule has 0 aliphatic carbocycles. The van der Waals surface area contributed by atoms with Crippen molar-refractivity contribution in [2.75, 3.05) is 13.6 Å². The fourth-order valence-electron chi connectivity index (χ4n) is 0.773. The minimum absolute atomic E-state index is 0.106. The van der Waals surface area contributed by atoms with E-state index >= 15 is 0 Å². The molecule has 0 fully saturated rings. The lowest BCUT2D eigenvalue weighted by Gasteiger charge is -2.14. The molecular formula is C8H13N3O2. The number of carbonyl (C=O) groups excluding carboxylic acids is 1. The first kappa shape index (κ1) is 9.57. The molecule has 1 aromatic heterocycles. The van der Waals surface area contributed by atoms with Gasteiger partial charge in [-0.25, -0.2) is 4.79 Å². The predicted molar refractivity (Wildman–Crippen MR) is 47.0 cm³/mol. The highest BCUT2D eigenvalue weighted by atomic mass is 16.5. The van der Waals surface area contributed by atoms with E-state index in [0.717, 1.165) is 5.69 Å². The molecule has 1 N–H and O–H groups in total. The van der Waals surface area contributed by atoms with E-state index in [1.165, 1.54) is 6.26 Å². The molecule has 1 rings (SSSR count). The number of aromatic nitrogens is 1. The van der Waals surface area contributed by atoms with Crippen molar-refractivity contribution in [2.24, 2.45) is 0 Å². The number of carbonyl (C=O) groups is 1. The standard InChI is InChI=1S/C8H13N3O2/c1-3-11(2)8(12)9-6-7-4-5-13-10-7/h4-5H,3,6H2,1-2H3,(H,9,12). The van der Waals surface area contributed by atoms with Gasteiger partial charge < -0.3 is 14.7 Å². The van der Waals surface area contributed by atoms with Crippen LogP contribution in [0, 0.1) is 0 Å². The first-order chi connectivity index (χ1) is 6.24. The van der Waals surface area contributed by atoms with E-state index in [4.69, 9.17) is 0 Å². The molecule has 5 nitrogen and oxygen atoms in total. The van der Waals surface area contributed by atoms with Gasteiger partial charge in [0.15, 0.2) is 0 Å². The molecule has 2 amide bonds. The lowest BCUT2D eigenvalue weighted by Crippen LogP contribution is -2.36. The summed E-state index contributed by atoms with van der Waals surface area (Å²) in [6, 6.07) is 1.61. The zero-order valence-electron chi connectivity index (χ0n) is 7.78. The van der Waals surface area contributed by atoms with Crippen LogP contribution in [0.4, 0.5) is 4.79 Å². The van der Waals surface area contributed by atoms with Crippen LogP contribution in [0.5, 0.6) is 0 Å². The summed E-state index contributed by atoms with van der Waals surface area (Å²) >= 11 is 0. The minimum Gasteiger partial charge on any atom is -0.364 e. The maximum Gasteiger partial charge on any atom is 0.317 e. The van der Waals surface area contributed by atoms with Gasteiger partial charge in [0.05, 0.1) is 6.54 Å². The highest BCUT2D eigenvalue weighted by molar-refractivity contribution is 5.73. The molecule has 1 aromatic rings. The molecule has 0 saturated carbocycles. The summed E-state index contributed by atoms with van der Waals surface area (Å²) in [5, 5.41) is 6.37. The first-order valence-electron chi connectivity index (χ1n) is 4.12. The molecule has 13 heavy (non-hydrogen) atoms. The van der Waals surface area contributed by atoms with Crippen molar-refractivity contribution < 1.29 is 9.32 Å². The van der Waals surface area contributed by atoms with E-state index in [-0.39, 0.29) is 6.03 Å². The lowest BCUT2D eigenvalue weighted by atomic mass is 10.4. The lowest BCUT2D eigenvalue weighted by molar-refractivity contribution is 0.210. The van der Waals surface area contributed by atoms with Gasteiger partial charge in [0.2, 0.25) is 0 Å². The third-order valence-electron chi connectivity index (χ3n) is 1.73. The van der Waals surface area contributed by atoms with Crippen LogP contribution < -0.4 is 5.32 Å². The van der Waals surface area contributed by atoms with Crippen molar-refractivity contribution in [3.8, 4) is 0 Å². The van der Waals surface area contributed by atoms with Gasteiger partial charge in [-0.15, -0.1) is 0 Å². The van der Waals surface area contributed by atoms with Crippen LogP contribution in [-0.2, 0) is 6.54 Å². The fourth-order valence-corrected chi connectivity index (χ4v) is 0.773. The maximum absolute atomic E-state index is 11.2. The summed E-state index contributed by atoms with van der Waals surface area (Å²) < 4.78 is 4.62. The topological polar surface area (TPSA) is 58.4 Å². The number of urea groups is 1. The molecule has 0 unspecified atom stereocenters. The Morgan fingerprint density at radius 1 is 1.77 bits per heavy atom. The molecule has 0 aliphatic heterocycles. The summed E-state index contributed by atoms with van der Waals surface area (Å²) in [6.07, 6.45) is 1.48. The molecular weight excluding hydrogens is 170 g/mol. The monoisotopic (exact) mass is 183 g/mol. The fraction of sp³-hybridized carbons (Fsp3) is 0.500. The SMILES string of the molecule is CCN(C)C(=O)NCc1ccon1. The van der Waals surface area contributed by atoms with Gasteiger partial charge in [-0.3, -0.25) is 0 Å². The van der Waals surface area contributed by atoms with Gasteiger partial charge in [0.25, 0.3) is 0 Å². The average Bonchev–Trinajstić information content (AvgIpc) is 2.65. The molecule has 0 saturated heterocycles. The van der Waals surface area contributed by atoms with Crippen molar-refractivity contribution in [3.05, 3.63) is 18.0 Å².